The molecule has 0 aromatic heterocycles. The summed E-state index contributed by atoms with van der Waals surface area (Å²) in [6.07, 6.45) is 1.33. The summed E-state index contributed by atoms with van der Waals surface area (Å²) in [6.45, 7) is 8.31. The molecule has 0 spiro atoms. The van der Waals surface area contributed by atoms with Crippen LogP contribution in [0.1, 0.15) is 52.5 Å². The Bertz CT molecular complexity index is 914. The van der Waals surface area contributed by atoms with E-state index in [2.05, 4.69) is 31.4 Å². The molecule has 1 saturated heterocycles. The summed E-state index contributed by atoms with van der Waals surface area (Å²) in [5.41, 5.74) is 0.974. The van der Waals surface area contributed by atoms with Gasteiger partial charge in [-0.05, 0) is 42.4 Å². The van der Waals surface area contributed by atoms with Gasteiger partial charge in [0.25, 0.3) is 5.91 Å². The van der Waals surface area contributed by atoms with E-state index in [1.54, 1.807) is 12.1 Å². The number of carbonyl (C=O) groups excluding carboxylic acids is 3. The molecule has 0 unspecified atom stereocenters. The van der Waals surface area contributed by atoms with E-state index in [1.165, 1.54) is 4.31 Å². The van der Waals surface area contributed by atoms with Gasteiger partial charge in [-0.15, -0.1) is 0 Å². The van der Waals surface area contributed by atoms with Gasteiger partial charge in [-0.25, -0.2) is 13.2 Å². The molecule has 178 valence electrons. The van der Waals surface area contributed by atoms with Crippen molar-refractivity contribution in [2.24, 2.45) is 5.92 Å². The molecule has 0 aliphatic carbocycles. The highest BCUT2D eigenvalue weighted by Gasteiger charge is 2.33. The third kappa shape index (κ3) is 7.03. The highest BCUT2D eigenvalue weighted by Crippen LogP contribution is 2.27. The zero-order valence-electron chi connectivity index (χ0n) is 19.1. The van der Waals surface area contributed by atoms with E-state index in [0.717, 1.165) is 12.0 Å². The van der Waals surface area contributed by atoms with E-state index in [4.69, 9.17) is 4.74 Å². The first-order valence-electron chi connectivity index (χ1n) is 10.8. The molecule has 0 saturated carbocycles. The number of nitrogens with one attached hydrogen (secondary N) is 2. The standard InChI is InChI=1S/C22H33N3O6S/c1-5-12-23-21(28)24-19(26)15-31-20(27)16-10-13-25(14-11-16)32(29,30)18-8-6-17(7-9-18)22(2,3)4/h6-9,16H,5,10-15H2,1-4H3,(H2,23,24,26,28). The number of urea groups is 1. The summed E-state index contributed by atoms with van der Waals surface area (Å²) in [7, 11) is -3.65. The molecule has 1 aromatic rings. The maximum absolute atomic E-state index is 12.9. The van der Waals surface area contributed by atoms with Gasteiger partial charge in [-0.1, -0.05) is 39.8 Å². The molecule has 10 heteroatoms. The summed E-state index contributed by atoms with van der Waals surface area (Å²) < 4.78 is 32.2. The van der Waals surface area contributed by atoms with Crippen molar-refractivity contribution in [2.75, 3.05) is 26.2 Å². The maximum atomic E-state index is 12.9. The molecule has 1 aromatic carbocycles. The van der Waals surface area contributed by atoms with Crippen molar-refractivity contribution in [3.05, 3.63) is 29.8 Å². The van der Waals surface area contributed by atoms with Crippen LogP contribution in [0, 0.1) is 5.92 Å². The largest absolute Gasteiger partial charge is 0.455 e. The SMILES string of the molecule is CCCNC(=O)NC(=O)COC(=O)C1CCN(S(=O)(=O)c2ccc(C(C)(C)C)cc2)CC1. The van der Waals surface area contributed by atoms with Crippen LogP contribution in [0.4, 0.5) is 4.79 Å². The Morgan fingerprint density at radius 2 is 1.69 bits per heavy atom. The first-order valence-corrected chi connectivity index (χ1v) is 12.2. The van der Waals surface area contributed by atoms with Crippen LogP contribution >= 0.6 is 0 Å². The Labute approximate surface area is 189 Å². The van der Waals surface area contributed by atoms with Crippen LogP contribution in [0.3, 0.4) is 0 Å². The van der Waals surface area contributed by atoms with Crippen LogP contribution in [0.15, 0.2) is 29.2 Å². The Hall–Kier alpha value is -2.46. The zero-order chi connectivity index (χ0) is 23.9. The van der Waals surface area contributed by atoms with Crippen LogP contribution in [-0.2, 0) is 29.8 Å². The first kappa shape index (κ1) is 25.8. The predicted octanol–water partition coefficient (Wildman–Crippen LogP) is 2.16. The second-order valence-corrected chi connectivity index (χ2v) is 10.8. The fourth-order valence-electron chi connectivity index (χ4n) is 3.31. The Morgan fingerprint density at radius 1 is 1.09 bits per heavy atom. The molecule has 32 heavy (non-hydrogen) atoms. The molecule has 0 atom stereocenters. The molecule has 1 aliphatic rings. The van der Waals surface area contributed by atoms with Crippen molar-refractivity contribution in [3.63, 3.8) is 0 Å². The highest BCUT2D eigenvalue weighted by atomic mass is 32.2. The van der Waals surface area contributed by atoms with Crippen molar-refractivity contribution in [3.8, 4) is 0 Å². The number of esters is 1. The van der Waals surface area contributed by atoms with Crippen LogP contribution in [-0.4, -0.2) is 56.9 Å². The minimum absolute atomic E-state index is 0.0722. The van der Waals surface area contributed by atoms with E-state index in [-0.39, 0.29) is 23.4 Å². The predicted molar refractivity (Wildman–Crippen MR) is 119 cm³/mol. The molecule has 2 rings (SSSR count). The highest BCUT2D eigenvalue weighted by molar-refractivity contribution is 7.89. The van der Waals surface area contributed by atoms with Crippen molar-refractivity contribution >= 4 is 27.9 Å². The lowest BCUT2D eigenvalue weighted by molar-refractivity contribution is -0.153. The van der Waals surface area contributed by atoms with E-state index in [1.807, 2.05) is 19.1 Å². The number of rotatable bonds is 7. The molecule has 0 radical (unpaired) electrons. The van der Waals surface area contributed by atoms with Crippen molar-refractivity contribution in [1.29, 1.82) is 0 Å². The number of nitrogens with zero attached hydrogens (tertiary/aromatic N) is 1. The lowest BCUT2D eigenvalue weighted by Crippen LogP contribution is -2.43. The van der Waals surface area contributed by atoms with Gasteiger partial charge in [0.05, 0.1) is 10.8 Å². The Balaban J connectivity index is 1.85. The summed E-state index contributed by atoms with van der Waals surface area (Å²) >= 11 is 0. The fourth-order valence-corrected chi connectivity index (χ4v) is 4.78. The van der Waals surface area contributed by atoms with Gasteiger partial charge in [0.2, 0.25) is 10.0 Å². The van der Waals surface area contributed by atoms with Gasteiger partial charge in [0.15, 0.2) is 6.61 Å². The average Bonchev–Trinajstić information content (AvgIpc) is 2.75. The van der Waals surface area contributed by atoms with Gasteiger partial charge in [-0.3, -0.25) is 14.9 Å². The molecule has 0 bridgehead atoms. The van der Waals surface area contributed by atoms with Crippen LogP contribution in [0.5, 0.6) is 0 Å². The van der Waals surface area contributed by atoms with E-state index in [9.17, 15) is 22.8 Å². The second kappa shape index (κ2) is 10.9. The fraction of sp³-hybridized carbons (Fsp3) is 0.591. The van der Waals surface area contributed by atoms with Gasteiger partial charge in [0.1, 0.15) is 0 Å². The van der Waals surface area contributed by atoms with Crippen LogP contribution in [0.2, 0.25) is 0 Å². The van der Waals surface area contributed by atoms with Gasteiger partial charge >= 0.3 is 12.0 Å². The molecular weight excluding hydrogens is 434 g/mol. The third-order valence-electron chi connectivity index (χ3n) is 5.28. The molecule has 3 amide bonds. The number of imide groups is 1. The average molecular weight is 468 g/mol. The topological polar surface area (TPSA) is 122 Å². The molecule has 9 nitrogen and oxygen atoms in total. The smallest absolute Gasteiger partial charge is 0.321 e. The quantitative estimate of drug-likeness (QED) is 0.593. The Kier molecular flexibility index (Phi) is 8.80. The van der Waals surface area contributed by atoms with Crippen LogP contribution in [0.25, 0.3) is 0 Å². The summed E-state index contributed by atoms with van der Waals surface area (Å²) in [5, 5.41) is 4.56. The van der Waals surface area contributed by atoms with Crippen molar-refractivity contribution in [2.45, 2.75) is 57.3 Å². The number of amides is 3. The number of sulfonamides is 1. The minimum atomic E-state index is -3.65. The number of piperidine rings is 1. The number of hydrogen-bond donors (Lipinski definition) is 2. The van der Waals surface area contributed by atoms with E-state index >= 15 is 0 Å². The van der Waals surface area contributed by atoms with Crippen LogP contribution < -0.4 is 10.6 Å². The molecular formula is C22H33N3O6S. The molecule has 1 aliphatic heterocycles. The number of hydrogen-bond acceptors (Lipinski definition) is 6. The lowest BCUT2D eigenvalue weighted by Gasteiger charge is -2.30. The number of benzene rings is 1. The molecule has 1 fully saturated rings. The van der Waals surface area contributed by atoms with Crippen molar-refractivity contribution in [1.82, 2.24) is 14.9 Å². The maximum Gasteiger partial charge on any atom is 0.321 e. The summed E-state index contributed by atoms with van der Waals surface area (Å²) in [4.78, 5) is 35.6. The zero-order valence-corrected chi connectivity index (χ0v) is 20.0. The first-order chi connectivity index (χ1) is 14.9. The normalized spacial score (nSPS) is 15.8. The summed E-state index contributed by atoms with van der Waals surface area (Å²) in [5.74, 6) is -1.78. The lowest BCUT2D eigenvalue weighted by atomic mass is 9.87. The van der Waals surface area contributed by atoms with E-state index < -0.39 is 40.5 Å². The monoisotopic (exact) mass is 467 g/mol. The molecule has 1 heterocycles. The summed E-state index contributed by atoms with van der Waals surface area (Å²) in [6, 6.07) is 6.24. The third-order valence-corrected chi connectivity index (χ3v) is 7.19. The van der Waals surface area contributed by atoms with E-state index in [0.29, 0.717) is 19.4 Å². The van der Waals surface area contributed by atoms with Gasteiger partial charge in [-0.2, -0.15) is 4.31 Å². The Morgan fingerprint density at radius 3 is 2.22 bits per heavy atom. The molecule has 2 N–H and O–H groups in total. The minimum Gasteiger partial charge on any atom is -0.455 e. The number of carbonyl (C=O) groups is 3. The number of ether oxygens (including phenoxy) is 1. The van der Waals surface area contributed by atoms with Crippen molar-refractivity contribution < 1.29 is 27.5 Å². The van der Waals surface area contributed by atoms with Gasteiger partial charge in [0, 0.05) is 19.6 Å². The second-order valence-electron chi connectivity index (χ2n) is 8.86. The van der Waals surface area contributed by atoms with Gasteiger partial charge < -0.3 is 10.1 Å².